The predicted octanol–water partition coefficient (Wildman–Crippen LogP) is 4.33. The van der Waals surface area contributed by atoms with E-state index in [-0.39, 0.29) is 12.5 Å². The second-order valence-corrected chi connectivity index (χ2v) is 8.29. The Labute approximate surface area is 164 Å². The monoisotopic (exact) mass is 372 g/mol. The standard InChI is InChI=1S/C23H36N2O2/c1-19-10-9-11-20(2)23(19)27-18-22(26)25-16-8-5-12-21(25)13-17-24-14-6-3-4-7-15-24/h9-11,21H,3-8,12-18H2,1-2H3/t21-/m1/s1. The number of ether oxygens (including phenoxy) is 1. The van der Waals surface area contributed by atoms with E-state index >= 15 is 0 Å². The van der Waals surface area contributed by atoms with Crippen LogP contribution in [0, 0.1) is 13.8 Å². The molecule has 4 heteroatoms. The number of piperidine rings is 1. The molecule has 2 aliphatic heterocycles. The normalized spacial score (nSPS) is 21.7. The molecule has 2 heterocycles. The maximum atomic E-state index is 12.9. The molecule has 3 rings (SSSR count). The number of likely N-dealkylation sites (tertiary alicyclic amines) is 2. The van der Waals surface area contributed by atoms with Crippen LogP contribution in [0.2, 0.25) is 0 Å². The van der Waals surface area contributed by atoms with Crippen LogP contribution in [0.3, 0.4) is 0 Å². The fourth-order valence-corrected chi connectivity index (χ4v) is 4.56. The highest BCUT2D eigenvalue weighted by molar-refractivity contribution is 5.78. The first-order valence-electron chi connectivity index (χ1n) is 10.9. The molecule has 0 spiro atoms. The molecule has 1 aromatic carbocycles. The largest absolute Gasteiger partial charge is 0.483 e. The number of carbonyl (C=O) groups excluding carboxylic acids is 1. The smallest absolute Gasteiger partial charge is 0.260 e. The van der Waals surface area contributed by atoms with Crippen molar-refractivity contribution in [2.45, 2.75) is 71.3 Å². The van der Waals surface area contributed by atoms with Crippen molar-refractivity contribution < 1.29 is 9.53 Å². The van der Waals surface area contributed by atoms with Crippen LogP contribution in [0.25, 0.3) is 0 Å². The second kappa shape index (κ2) is 10.1. The van der Waals surface area contributed by atoms with Gasteiger partial charge >= 0.3 is 0 Å². The van der Waals surface area contributed by atoms with Crippen LogP contribution in [0.4, 0.5) is 0 Å². The van der Waals surface area contributed by atoms with E-state index in [1.165, 1.54) is 45.2 Å². The Kier molecular flexibility index (Phi) is 7.57. The van der Waals surface area contributed by atoms with Crippen LogP contribution in [-0.2, 0) is 4.79 Å². The van der Waals surface area contributed by atoms with E-state index in [9.17, 15) is 4.79 Å². The summed E-state index contributed by atoms with van der Waals surface area (Å²) in [4.78, 5) is 17.6. The van der Waals surface area contributed by atoms with Gasteiger partial charge in [-0.05, 0) is 76.6 Å². The molecule has 2 fully saturated rings. The lowest BCUT2D eigenvalue weighted by Gasteiger charge is -2.37. The number of carbonyl (C=O) groups is 1. The fraction of sp³-hybridized carbons (Fsp3) is 0.696. The van der Waals surface area contributed by atoms with Gasteiger partial charge in [-0.2, -0.15) is 0 Å². The quantitative estimate of drug-likeness (QED) is 0.745. The zero-order valence-corrected chi connectivity index (χ0v) is 17.2. The minimum absolute atomic E-state index is 0.151. The predicted molar refractivity (Wildman–Crippen MR) is 110 cm³/mol. The van der Waals surface area contributed by atoms with Crippen molar-refractivity contribution in [2.24, 2.45) is 0 Å². The molecular weight excluding hydrogens is 336 g/mol. The second-order valence-electron chi connectivity index (χ2n) is 8.29. The number of amides is 1. The first kappa shape index (κ1) is 20.2. The lowest BCUT2D eigenvalue weighted by Crippen LogP contribution is -2.47. The molecule has 0 aliphatic carbocycles. The molecular formula is C23H36N2O2. The van der Waals surface area contributed by atoms with Gasteiger partial charge in [-0.15, -0.1) is 0 Å². The Morgan fingerprint density at radius 1 is 1.00 bits per heavy atom. The summed E-state index contributed by atoms with van der Waals surface area (Å²) in [6.07, 6.45) is 10.0. The number of aryl methyl sites for hydroxylation is 2. The highest BCUT2D eigenvalue weighted by atomic mass is 16.5. The van der Waals surface area contributed by atoms with Gasteiger partial charge in [-0.1, -0.05) is 31.0 Å². The van der Waals surface area contributed by atoms with E-state index in [2.05, 4.69) is 9.80 Å². The van der Waals surface area contributed by atoms with Gasteiger partial charge in [0.1, 0.15) is 5.75 Å². The van der Waals surface area contributed by atoms with Gasteiger partial charge in [0, 0.05) is 19.1 Å². The minimum Gasteiger partial charge on any atom is -0.483 e. The molecule has 150 valence electrons. The van der Waals surface area contributed by atoms with Crippen LogP contribution in [-0.4, -0.2) is 54.5 Å². The molecule has 0 bridgehead atoms. The lowest BCUT2D eigenvalue weighted by molar-refractivity contribution is -0.137. The van der Waals surface area contributed by atoms with Crippen molar-refractivity contribution in [3.8, 4) is 5.75 Å². The topological polar surface area (TPSA) is 32.8 Å². The average molecular weight is 373 g/mol. The lowest BCUT2D eigenvalue weighted by atomic mass is 9.99. The summed E-state index contributed by atoms with van der Waals surface area (Å²) in [7, 11) is 0. The summed E-state index contributed by atoms with van der Waals surface area (Å²) in [6.45, 7) is 8.72. The number of nitrogens with zero attached hydrogens (tertiary/aromatic N) is 2. The Bertz CT molecular complexity index is 588. The van der Waals surface area contributed by atoms with E-state index < -0.39 is 0 Å². The first-order chi connectivity index (χ1) is 13.1. The third-order valence-corrected chi connectivity index (χ3v) is 6.17. The Hall–Kier alpha value is -1.55. The summed E-state index contributed by atoms with van der Waals surface area (Å²) in [5.41, 5.74) is 2.19. The summed E-state index contributed by atoms with van der Waals surface area (Å²) in [5.74, 6) is 1.02. The van der Waals surface area contributed by atoms with Gasteiger partial charge in [0.05, 0.1) is 0 Å². The van der Waals surface area contributed by atoms with Gasteiger partial charge in [0.2, 0.25) is 0 Å². The zero-order chi connectivity index (χ0) is 19.1. The van der Waals surface area contributed by atoms with Crippen LogP contribution >= 0.6 is 0 Å². The third kappa shape index (κ3) is 5.71. The van der Waals surface area contributed by atoms with Crippen molar-refractivity contribution in [3.05, 3.63) is 29.3 Å². The Balaban J connectivity index is 1.53. The van der Waals surface area contributed by atoms with Gasteiger partial charge in [0.15, 0.2) is 6.61 Å². The molecule has 0 saturated carbocycles. The van der Waals surface area contributed by atoms with E-state index in [0.717, 1.165) is 49.2 Å². The SMILES string of the molecule is Cc1cccc(C)c1OCC(=O)N1CCCC[C@@H]1CCN1CCCCCC1. The van der Waals surface area contributed by atoms with Gasteiger partial charge in [-0.25, -0.2) is 0 Å². The number of rotatable bonds is 6. The maximum absolute atomic E-state index is 12.9. The molecule has 0 radical (unpaired) electrons. The van der Waals surface area contributed by atoms with Crippen LogP contribution in [0.15, 0.2) is 18.2 Å². The molecule has 0 unspecified atom stereocenters. The zero-order valence-electron chi connectivity index (χ0n) is 17.2. The summed E-state index contributed by atoms with van der Waals surface area (Å²) in [6, 6.07) is 6.49. The van der Waals surface area contributed by atoms with Crippen molar-refractivity contribution in [3.63, 3.8) is 0 Å². The Morgan fingerprint density at radius 3 is 2.37 bits per heavy atom. The number of benzene rings is 1. The Morgan fingerprint density at radius 2 is 1.67 bits per heavy atom. The van der Waals surface area contributed by atoms with E-state index in [0.29, 0.717) is 6.04 Å². The summed E-state index contributed by atoms with van der Waals surface area (Å²) in [5, 5.41) is 0. The van der Waals surface area contributed by atoms with Crippen molar-refractivity contribution in [1.29, 1.82) is 0 Å². The molecule has 2 aliphatic rings. The van der Waals surface area contributed by atoms with Gasteiger partial charge in [-0.3, -0.25) is 4.79 Å². The maximum Gasteiger partial charge on any atom is 0.260 e. The molecule has 27 heavy (non-hydrogen) atoms. The average Bonchev–Trinajstić information content (AvgIpc) is 2.95. The molecule has 1 atom stereocenters. The molecule has 1 aromatic rings. The van der Waals surface area contributed by atoms with Crippen LogP contribution < -0.4 is 4.74 Å². The summed E-state index contributed by atoms with van der Waals surface area (Å²) < 4.78 is 5.94. The molecule has 0 N–H and O–H groups in total. The van der Waals surface area contributed by atoms with E-state index in [1.54, 1.807) is 0 Å². The van der Waals surface area contributed by atoms with E-state index in [4.69, 9.17) is 4.74 Å². The number of hydrogen-bond acceptors (Lipinski definition) is 3. The van der Waals surface area contributed by atoms with E-state index in [1.807, 2.05) is 32.0 Å². The van der Waals surface area contributed by atoms with Crippen LogP contribution in [0.5, 0.6) is 5.75 Å². The van der Waals surface area contributed by atoms with Gasteiger partial charge in [0.25, 0.3) is 5.91 Å². The first-order valence-corrected chi connectivity index (χ1v) is 10.9. The highest BCUT2D eigenvalue weighted by Crippen LogP contribution is 2.24. The third-order valence-electron chi connectivity index (χ3n) is 6.17. The molecule has 0 aromatic heterocycles. The summed E-state index contributed by atoms with van der Waals surface area (Å²) >= 11 is 0. The highest BCUT2D eigenvalue weighted by Gasteiger charge is 2.27. The molecule has 2 saturated heterocycles. The molecule has 4 nitrogen and oxygen atoms in total. The molecule has 1 amide bonds. The van der Waals surface area contributed by atoms with Crippen molar-refractivity contribution in [2.75, 3.05) is 32.8 Å². The fourth-order valence-electron chi connectivity index (χ4n) is 4.56. The van der Waals surface area contributed by atoms with Crippen molar-refractivity contribution >= 4 is 5.91 Å². The minimum atomic E-state index is 0.151. The number of para-hydroxylation sites is 1. The van der Waals surface area contributed by atoms with Crippen LogP contribution in [0.1, 0.15) is 62.5 Å². The number of hydrogen-bond donors (Lipinski definition) is 0. The van der Waals surface area contributed by atoms with Gasteiger partial charge < -0.3 is 14.5 Å². The van der Waals surface area contributed by atoms with Crippen molar-refractivity contribution in [1.82, 2.24) is 9.80 Å².